The zero-order valence-corrected chi connectivity index (χ0v) is 14.2. The lowest BCUT2D eigenvalue weighted by Crippen LogP contribution is -2.22. The smallest absolute Gasteiger partial charge is 0.237 e. The highest BCUT2D eigenvalue weighted by atomic mass is 32.2. The molecule has 0 aliphatic carbocycles. The summed E-state index contributed by atoms with van der Waals surface area (Å²) in [4.78, 5) is 13.0. The first kappa shape index (κ1) is 18.1. The number of hydrogen-bond donors (Lipinski definition) is 1. The predicted octanol–water partition coefficient (Wildman–Crippen LogP) is 4.10. The molecule has 7 heteroatoms. The summed E-state index contributed by atoms with van der Waals surface area (Å²) in [5.41, 5.74) is 0.207. The second-order valence-electron chi connectivity index (χ2n) is 4.90. The van der Waals surface area contributed by atoms with Crippen LogP contribution in [0.15, 0.2) is 41.3 Å². The summed E-state index contributed by atoms with van der Waals surface area (Å²) in [6.45, 7) is 1.72. The minimum atomic E-state index is -1.01. The zero-order chi connectivity index (χ0) is 17.7. The number of hydrogen-bond acceptors (Lipinski definition) is 4. The Labute approximate surface area is 143 Å². The van der Waals surface area contributed by atoms with Gasteiger partial charge in [0.2, 0.25) is 5.91 Å². The highest BCUT2D eigenvalue weighted by molar-refractivity contribution is 8.00. The minimum absolute atomic E-state index is 0.207. The molecule has 2 aromatic carbocycles. The molecule has 0 radical (unpaired) electrons. The van der Waals surface area contributed by atoms with Crippen LogP contribution in [0.25, 0.3) is 0 Å². The van der Waals surface area contributed by atoms with Crippen molar-refractivity contribution >= 4 is 23.4 Å². The fourth-order valence-electron chi connectivity index (χ4n) is 1.97. The Morgan fingerprint density at radius 1 is 1.04 bits per heavy atom. The molecule has 1 N–H and O–H groups in total. The van der Waals surface area contributed by atoms with Gasteiger partial charge < -0.3 is 14.8 Å². The summed E-state index contributed by atoms with van der Waals surface area (Å²) in [5.74, 6) is -1.12. The number of thioether (sulfide) groups is 1. The van der Waals surface area contributed by atoms with Crippen molar-refractivity contribution in [2.45, 2.75) is 17.1 Å². The Balaban J connectivity index is 2.04. The summed E-state index contributed by atoms with van der Waals surface area (Å²) in [5, 5.41) is 2.11. The van der Waals surface area contributed by atoms with E-state index in [-0.39, 0.29) is 11.6 Å². The van der Waals surface area contributed by atoms with E-state index in [9.17, 15) is 13.6 Å². The summed E-state index contributed by atoms with van der Waals surface area (Å²) < 4.78 is 36.5. The van der Waals surface area contributed by atoms with Gasteiger partial charge in [-0.05, 0) is 37.3 Å². The molecule has 1 atom stereocenters. The minimum Gasteiger partial charge on any atom is -0.493 e. The van der Waals surface area contributed by atoms with Crippen LogP contribution in [0.5, 0.6) is 11.5 Å². The molecule has 24 heavy (non-hydrogen) atoms. The number of anilines is 1. The van der Waals surface area contributed by atoms with Gasteiger partial charge in [0.15, 0.2) is 23.1 Å². The molecular formula is C17H17F2NO3S. The van der Waals surface area contributed by atoms with Crippen molar-refractivity contribution in [1.82, 2.24) is 0 Å². The quantitative estimate of drug-likeness (QED) is 0.794. The Bertz CT molecular complexity index is 740. The van der Waals surface area contributed by atoms with E-state index in [1.165, 1.54) is 24.9 Å². The van der Waals surface area contributed by atoms with Crippen LogP contribution < -0.4 is 14.8 Å². The molecule has 0 aromatic heterocycles. The molecule has 0 bridgehead atoms. The van der Waals surface area contributed by atoms with E-state index in [0.29, 0.717) is 11.5 Å². The summed E-state index contributed by atoms with van der Waals surface area (Å²) in [6, 6.07) is 8.56. The second kappa shape index (κ2) is 8.01. The fourth-order valence-corrected chi connectivity index (χ4v) is 2.86. The number of amides is 1. The summed E-state index contributed by atoms with van der Waals surface area (Å²) in [7, 11) is 3.08. The van der Waals surface area contributed by atoms with E-state index in [0.717, 1.165) is 17.0 Å². The maximum Gasteiger partial charge on any atom is 0.237 e. The third-order valence-electron chi connectivity index (χ3n) is 3.22. The highest BCUT2D eigenvalue weighted by Gasteiger charge is 2.16. The standard InChI is InChI=1S/C17H17F2NO3S/c1-10(17(21)20-11-4-6-13(18)14(19)8-11)24-12-5-7-15(22-2)16(9-12)23-3/h4-10H,1-3H3,(H,20,21)/t10-/m1/s1. The van der Waals surface area contributed by atoms with Gasteiger partial charge >= 0.3 is 0 Å². The van der Waals surface area contributed by atoms with Gasteiger partial charge in [-0.15, -0.1) is 11.8 Å². The number of methoxy groups -OCH3 is 2. The van der Waals surface area contributed by atoms with Crippen LogP contribution in [0.3, 0.4) is 0 Å². The van der Waals surface area contributed by atoms with E-state index in [4.69, 9.17) is 9.47 Å². The van der Waals surface area contributed by atoms with Crippen molar-refractivity contribution in [3.63, 3.8) is 0 Å². The molecule has 0 aliphatic heterocycles. The van der Waals surface area contributed by atoms with E-state index >= 15 is 0 Å². The van der Waals surface area contributed by atoms with Crippen molar-refractivity contribution in [2.24, 2.45) is 0 Å². The Kier molecular flexibility index (Phi) is 6.03. The number of carbonyl (C=O) groups excluding carboxylic acids is 1. The van der Waals surface area contributed by atoms with Crippen molar-refractivity contribution in [1.29, 1.82) is 0 Å². The van der Waals surface area contributed by atoms with Crippen LogP contribution in [0.4, 0.5) is 14.5 Å². The fraction of sp³-hybridized carbons (Fsp3) is 0.235. The van der Waals surface area contributed by atoms with Gasteiger partial charge in [-0.3, -0.25) is 4.79 Å². The van der Waals surface area contributed by atoms with Crippen molar-refractivity contribution in [2.75, 3.05) is 19.5 Å². The van der Waals surface area contributed by atoms with Gasteiger partial charge in [-0.2, -0.15) is 0 Å². The van der Waals surface area contributed by atoms with Crippen LogP contribution in [0.1, 0.15) is 6.92 Å². The molecule has 1 amide bonds. The Hall–Kier alpha value is -2.28. The first-order valence-electron chi connectivity index (χ1n) is 7.09. The first-order valence-corrected chi connectivity index (χ1v) is 7.97. The monoisotopic (exact) mass is 353 g/mol. The van der Waals surface area contributed by atoms with Crippen molar-refractivity contribution < 1.29 is 23.0 Å². The SMILES string of the molecule is COc1ccc(S[C@H](C)C(=O)Nc2ccc(F)c(F)c2)cc1OC. The molecule has 2 rings (SSSR count). The van der Waals surface area contributed by atoms with Crippen LogP contribution >= 0.6 is 11.8 Å². The number of carbonyl (C=O) groups is 1. The molecule has 0 fully saturated rings. The second-order valence-corrected chi connectivity index (χ2v) is 6.31. The Morgan fingerprint density at radius 3 is 2.38 bits per heavy atom. The number of benzene rings is 2. The van der Waals surface area contributed by atoms with E-state index in [2.05, 4.69) is 5.32 Å². The molecule has 0 saturated heterocycles. The van der Waals surface area contributed by atoms with Gasteiger partial charge in [-0.25, -0.2) is 8.78 Å². The van der Waals surface area contributed by atoms with E-state index in [1.54, 1.807) is 26.2 Å². The molecule has 128 valence electrons. The molecule has 0 saturated carbocycles. The van der Waals surface area contributed by atoms with Crippen molar-refractivity contribution in [3.8, 4) is 11.5 Å². The van der Waals surface area contributed by atoms with Crippen LogP contribution in [-0.4, -0.2) is 25.4 Å². The van der Waals surface area contributed by atoms with Gasteiger partial charge in [-0.1, -0.05) is 0 Å². The number of nitrogens with one attached hydrogen (secondary N) is 1. The number of rotatable bonds is 6. The number of halogens is 2. The topological polar surface area (TPSA) is 47.6 Å². The lowest BCUT2D eigenvalue weighted by atomic mass is 10.3. The van der Waals surface area contributed by atoms with E-state index in [1.807, 2.05) is 6.07 Å². The van der Waals surface area contributed by atoms with Crippen LogP contribution in [-0.2, 0) is 4.79 Å². The number of ether oxygens (including phenoxy) is 2. The van der Waals surface area contributed by atoms with Gasteiger partial charge in [0.25, 0.3) is 0 Å². The summed E-state index contributed by atoms with van der Waals surface area (Å²) in [6.07, 6.45) is 0. The van der Waals surface area contributed by atoms with Crippen LogP contribution in [0, 0.1) is 11.6 Å². The average Bonchev–Trinajstić information content (AvgIpc) is 2.57. The maximum atomic E-state index is 13.2. The average molecular weight is 353 g/mol. The normalized spacial score (nSPS) is 11.7. The molecule has 0 spiro atoms. The lowest BCUT2D eigenvalue weighted by Gasteiger charge is -2.14. The third-order valence-corrected chi connectivity index (χ3v) is 4.32. The van der Waals surface area contributed by atoms with Gasteiger partial charge in [0.05, 0.1) is 19.5 Å². The molecule has 4 nitrogen and oxygen atoms in total. The molecule has 0 heterocycles. The molecule has 0 aliphatic rings. The van der Waals surface area contributed by atoms with Crippen molar-refractivity contribution in [3.05, 3.63) is 48.0 Å². The zero-order valence-electron chi connectivity index (χ0n) is 13.4. The Morgan fingerprint density at radius 2 is 1.75 bits per heavy atom. The van der Waals surface area contributed by atoms with Gasteiger partial charge in [0, 0.05) is 16.6 Å². The first-order chi connectivity index (χ1) is 11.4. The molecular weight excluding hydrogens is 336 g/mol. The highest BCUT2D eigenvalue weighted by Crippen LogP contribution is 2.33. The maximum absolute atomic E-state index is 13.2. The third kappa shape index (κ3) is 4.38. The summed E-state index contributed by atoms with van der Waals surface area (Å²) >= 11 is 1.31. The van der Waals surface area contributed by atoms with Gasteiger partial charge in [0.1, 0.15) is 0 Å². The molecule has 0 unspecified atom stereocenters. The molecule has 2 aromatic rings. The largest absolute Gasteiger partial charge is 0.493 e. The van der Waals surface area contributed by atoms with Crippen LogP contribution in [0.2, 0.25) is 0 Å². The predicted molar refractivity (Wildman–Crippen MR) is 89.9 cm³/mol. The lowest BCUT2D eigenvalue weighted by molar-refractivity contribution is -0.115. The van der Waals surface area contributed by atoms with E-state index < -0.39 is 16.9 Å².